The maximum absolute atomic E-state index is 11.7. The van der Waals surface area contributed by atoms with Crippen LogP contribution in [0.2, 0.25) is 5.02 Å². The topological polar surface area (TPSA) is 101 Å². The van der Waals surface area contributed by atoms with Crippen molar-refractivity contribution in [3.63, 3.8) is 0 Å². The van der Waals surface area contributed by atoms with Crippen molar-refractivity contribution in [3.8, 4) is 5.75 Å². The molecule has 3 N–H and O–H groups in total. The highest BCUT2D eigenvalue weighted by Crippen LogP contribution is 2.29. The summed E-state index contributed by atoms with van der Waals surface area (Å²) in [6.45, 7) is 8.75. The number of rotatable bonds is 11. The van der Waals surface area contributed by atoms with Crippen LogP contribution in [0.3, 0.4) is 0 Å². The van der Waals surface area contributed by atoms with E-state index in [-0.39, 0.29) is 5.91 Å². The lowest BCUT2D eigenvalue weighted by atomic mass is 10.2. The van der Waals surface area contributed by atoms with E-state index < -0.39 is 0 Å². The van der Waals surface area contributed by atoms with Crippen LogP contribution < -0.4 is 20.7 Å². The SMILES string of the molecule is C=CC(=O)Nc1ccccc1Nc1nc(Nc2ccc(OCCCN3CCOCC3)cc2)ncc1Cl. The zero-order chi connectivity index (χ0) is 25.2. The Hall–Kier alpha value is -3.66. The van der Waals surface area contributed by atoms with Crippen molar-refractivity contribution in [2.75, 3.05) is 55.4 Å². The van der Waals surface area contributed by atoms with Crippen LogP contribution in [-0.4, -0.2) is 60.2 Å². The summed E-state index contributed by atoms with van der Waals surface area (Å²) < 4.78 is 11.2. The van der Waals surface area contributed by atoms with Crippen molar-refractivity contribution in [1.29, 1.82) is 0 Å². The third-order valence-electron chi connectivity index (χ3n) is 5.47. The quantitative estimate of drug-likeness (QED) is 0.250. The van der Waals surface area contributed by atoms with E-state index in [1.54, 1.807) is 6.07 Å². The summed E-state index contributed by atoms with van der Waals surface area (Å²) in [4.78, 5) is 22.9. The first-order chi connectivity index (χ1) is 17.6. The summed E-state index contributed by atoms with van der Waals surface area (Å²) in [7, 11) is 0. The molecule has 0 saturated carbocycles. The number of amides is 1. The molecule has 10 heteroatoms. The van der Waals surface area contributed by atoms with E-state index in [4.69, 9.17) is 21.1 Å². The number of morpholine rings is 1. The zero-order valence-electron chi connectivity index (χ0n) is 19.9. The van der Waals surface area contributed by atoms with Gasteiger partial charge in [-0.1, -0.05) is 30.3 Å². The van der Waals surface area contributed by atoms with E-state index in [1.165, 1.54) is 12.3 Å². The molecular formula is C26H29ClN6O3. The van der Waals surface area contributed by atoms with Gasteiger partial charge in [-0.05, 0) is 48.9 Å². The van der Waals surface area contributed by atoms with E-state index in [2.05, 4.69) is 37.4 Å². The molecule has 1 aliphatic rings. The first-order valence-corrected chi connectivity index (χ1v) is 12.1. The number of anilines is 5. The lowest BCUT2D eigenvalue weighted by Gasteiger charge is -2.26. The van der Waals surface area contributed by atoms with E-state index in [1.807, 2.05) is 42.5 Å². The van der Waals surface area contributed by atoms with Gasteiger partial charge in [0.25, 0.3) is 0 Å². The number of benzene rings is 2. The predicted molar refractivity (Wildman–Crippen MR) is 143 cm³/mol. The predicted octanol–water partition coefficient (Wildman–Crippen LogP) is 4.84. The average Bonchev–Trinajstić information content (AvgIpc) is 2.91. The van der Waals surface area contributed by atoms with Crippen molar-refractivity contribution in [1.82, 2.24) is 14.9 Å². The molecule has 36 heavy (non-hydrogen) atoms. The monoisotopic (exact) mass is 508 g/mol. The lowest BCUT2D eigenvalue weighted by molar-refractivity contribution is -0.111. The van der Waals surface area contributed by atoms with Gasteiger partial charge in [-0.3, -0.25) is 9.69 Å². The number of aromatic nitrogens is 2. The Labute approximate surface area is 215 Å². The fourth-order valence-electron chi connectivity index (χ4n) is 3.59. The molecule has 9 nitrogen and oxygen atoms in total. The molecule has 1 amide bonds. The number of hydrogen-bond acceptors (Lipinski definition) is 8. The van der Waals surface area contributed by atoms with Gasteiger partial charge in [-0.15, -0.1) is 0 Å². The highest BCUT2D eigenvalue weighted by atomic mass is 35.5. The van der Waals surface area contributed by atoms with Crippen LogP contribution in [0.4, 0.5) is 28.8 Å². The van der Waals surface area contributed by atoms with Crippen molar-refractivity contribution >= 4 is 46.3 Å². The molecule has 1 aromatic heterocycles. The molecule has 0 unspecified atom stereocenters. The van der Waals surface area contributed by atoms with Crippen LogP contribution in [0.1, 0.15) is 6.42 Å². The van der Waals surface area contributed by atoms with Crippen LogP contribution in [0.15, 0.2) is 67.4 Å². The van der Waals surface area contributed by atoms with Gasteiger partial charge in [0, 0.05) is 25.3 Å². The molecule has 1 saturated heterocycles. The number of carbonyl (C=O) groups excluding carboxylic acids is 1. The molecule has 3 aromatic rings. The second kappa shape index (κ2) is 12.9. The maximum atomic E-state index is 11.7. The Bertz CT molecular complexity index is 1170. The number of hydrogen-bond donors (Lipinski definition) is 3. The number of halogens is 1. The molecule has 0 radical (unpaired) electrons. The van der Waals surface area contributed by atoms with E-state index >= 15 is 0 Å². The van der Waals surface area contributed by atoms with E-state index in [0.29, 0.717) is 34.8 Å². The number of nitrogens with one attached hydrogen (secondary N) is 3. The molecular weight excluding hydrogens is 480 g/mol. The molecule has 0 aliphatic carbocycles. The van der Waals surface area contributed by atoms with Crippen LogP contribution in [0, 0.1) is 0 Å². The molecule has 188 valence electrons. The van der Waals surface area contributed by atoms with Crippen LogP contribution in [0.25, 0.3) is 0 Å². The molecule has 0 atom stereocenters. The number of ether oxygens (including phenoxy) is 2. The van der Waals surface area contributed by atoms with Crippen molar-refractivity contribution in [2.24, 2.45) is 0 Å². The van der Waals surface area contributed by atoms with Gasteiger partial charge in [0.1, 0.15) is 10.8 Å². The van der Waals surface area contributed by atoms with Crippen molar-refractivity contribution < 1.29 is 14.3 Å². The Kier molecular flexibility index (Phi) is 9.09. The van der Waals surface area contributed by atoms with Crippen molar-refractivity contribution in [3.05, 3.63) is 72.4 Å². The van der Waals surface area contributed by atoms with Gasteiger partial charge in [0.2, 0.25) is 11.9 Å². The number of carbonyl (C=O) groups is 1. The molecule has 4 rings (SSSR count). The summed E-state index contributed by atoms with van der Waals surface area (Å²) in [5, 5.41) is 9.42. The average molecular weight is 509 g/mol. The maximum Gasteiger partial charge on any atom is 0.247 e. The smallest absolute Gasteiger partial charge is 0.247 e. The highest BCUT2D eigenvalue weighted by molar-refractivity contribution is 6.33. The summed E-state index contributed by atoms with van der Waals surface area (Å²) in [5.74, 6) is 1.26. The second-order valence-electron chi connectivity index (χ2n) is 8.06. The van der Waals surface area contributed by atoms with Gasteiger partial charge in [-0.25, -0.2) is 4.98 Å². The van der Waals surface area contributed by atoms with Gasteiger partial charge in [0.15, 0.2) is 5.82 Å². The number of nitrogens with zero attached hydrogens (tertiary/aromatic N) is 3. The van der Waals surface area contributed by atoms with Crippen molar-refractivity contribution in [2.45, 2.75) is 6.42 Å². The molecule has 0 bridgehead atoms. The third-order valence-corrected chi connectivity index (χ3v) is 5.75. The first kappa shape index (κ1) is 25.4. The minimum absolute atomic E-state index is 0.315. The van der Waals surface area contributed by atoms with E-state index in [9.17, 15) is 4.79 Å². The van der Waals surface area contributed by atoms with Crippen LogP contribution in [-0.2, 0) is 9.53 Å². The highest BCUT2D eigenvalue weighted by Gasteiger charge is 2.11. The van der Waals surface area contributed by atoms with Gasteiger partial charge < -0.3 is 25.4 Å². The Morgan fingerprint density at radius 2 is 1.86 bits per heavy atom. The standard InChI is InChI=1S/C26H29ClN6O3/c1-2-24(34)30-22-6-3-4-7-23(22)31-25-21(27)18-28-26(32-25)29-19-8-10-20(11-9-19)36-15-5-12-33-13-16-35-17-14-33/h2-4,6-11,18H,1,5,12-17H2,(H,30,34)(H2,28,29,31,32). The normalized spacial score (nSPS) is 13.6. The first-order valence-electron chi connectivity index (χ1n) is 11.7. The fraction of sp³-hybridized carbons (Fsp3) is 0.269. The lowest BCUT2D eigenvalue weighted by Crippen LogP contribution is -2.37. The Balaban J connectivity index is 1.33. The summed E-state index contributed by atoms with van der Waals surface area (Å²) in [6.07, 6.45) is 3.68. The fourth-order valence-corrected chi connectivity index (χ4v) is 3.73. The van der Waals surface area contributed by atoms with Gasteiger partial charge >= 0.3 is 0 Å². The zero-order valence-corrected chi connectivity index (χ0v) is 20.6. The molecule has 1 fully saturated rings. The second-order valence-corrected chi connectivity index (χ2v) is 8.47. The molecule has 0 spiro atoms. The van der Waals surface area contributed by atoms with Crippen LogP contribution in [0.5, 0.6) is 5.75 Å². The largest absolute Gasteiger partial charge is 0.494 e. The van der Waals surface area contributed by atoms with Gasteiger partial charge in [-0.2, -0.15) is 4.98 Å². The number of para-hydroxylation sites is 2. The minimum atomic E-state index is -0.315. The van der Waals surface area contributed by atoms with Gasteiger partial charge in [0.05, 0.1) is 37.4 Å². The minimum Gasteiger partial charge on any atom is -0.494 e. The summed E-state index contributed by atoms with van der Waals surface area (Å²) >= 11 is 6.32. The molecule has 2 aromatic carbocycles. The molecule has 2 heterocycles. The molecule has 1 aliphatic heterocycles. The third kappa shape index (κ3) is 7.42. The Morgan fingerprint density at radius 3 is 2.61 bits per heavy atom. The van der Waals surface area contributed by atoms with Crippen LogP contribution >= 0.6 is 11.6 Å². The van der Waals surface area contributed by atoms with E-state index in [0.717, 1.165) is 50.7 Å². The Morgan fingerprint density at radius 1 is 1.11 bits per heavy atom. The summed E-state index contributed by atoms with van der Waals surface area (Å²) in [5.41, 5.74) is 2.02. The summed E-state index contributed by atoms with van der Waals surface area (Å²) in [6, 6.07) is 14.9.